The molecule has 2 aromatic rings. The van der Waals surface area contributed by atoms with Crippen molar-refractivity contribution in [1.82, 2.24) is 5.32 Å². The minimum atomic E-state index is -3.69. The zero-order valence-corrected chi connectivity index (χ0v) is 11.9. The van der Waals surface area contributed by atoms with Crippen molar-refractivity contribution in [3.8, 4) is 5.75 Å². The summed E-state index contributed by atoms with van der Waals surface area (Å²) in [4.78, 5) is 12.2. The third kappa shape index (κ3) is 4.05. The van der Waals surface area contributed by atoms with Gasteiger partial charge in [-0.15, -0.1) is 11.3 Å². The number of carbonyl (C=O) groups excluding carboxylic acids is 1. The van der Waals surface area contributed by atoms with Crippen molar-refractivity contribution in [2.45, 2.75) is 10.8 Å². The van der Waals surface area contributed by atoms with E-state index in [9.17, 15) is 13.2 Å². The lowest BCUT2D eigenvalue weighted by Gasteiger charge is -2.05. The number of carbonyl (C=O) groups is 1. The molecule has 20 heavy (non-hydrogen) atoms. The van der Waals surface area contributed by atoms with Gasteiger partial charge in [0.1, 0.15) is 9.96 Å². The van der Waals surface area contributed by atoms with E-state index in [0.717, 1.165) is 11.3 Å². The topological polar surface area (TPSA) is 98.5 Å². The molecule has 0 saturated heterocycles. The van der Waals surface area contributed by atoms with Crippen LogP contribution in [-0.2, 0) is 16.6 Å². The maximum atomic E-state index is 11.5. The van der Waals surface area contributed by atoms with Gasteiger partial charge in [-0.3, -0.25) is 0 Å². The van der Waals surface area contributed by atoms with Crippen LogP contribution in [0, 0.1) is 0 Å². The maximum absolute atomic E-state index is 11.5. The van der Waals surface area contributed by atoms with Crippen LogP contribution < -0.4 is 15.2 Å². The van der Waals surface area contributed by atoms with Gasteiger partial charge >= 0.3 is 6.09 Å². The molecule has 6 nitrogen and oxygen atoms in total. The molecule has 106 valence electrons. The van der Waals surface area contributed by atoms with Crippen molar-refractivity contribution in [2.24, 2.45) is 5.14 Å². The van der Waals surface area contributed by atoms with Gasteiger partial charge in [-0.05, 0) is 24.3 Å². The Labute approximate surface area is 120 Å². The van der Waals surface area contributed by atoms with Crippen molar-refractivity contribution in [1.29, 1.82) is 0 Å². The van der Waals surface area contributed by atoms with Crippen molar-refractivity contribution in [2.75, 3.05) is 0 Å². The van der Waals surface area contributed by atoms with Crippen LogP contribution in [0.15, 0.2) is 46.7 Å². The van der Waals surface area contributed by atoms with Crippen LogP contribution in [-0.4, -0.2) is 14.5 Å². The molecule has 2 rings (SSSR count). The number of primary sulfonamides is 1. The van der Waals surface area contributed by atoms with Gasteiger partial charge in [0.15, 0.2) is 0 Å². The van der Waals surface area contributed by atoms with Gasteiger partial charge < -0.3 is 10.1 Å². The summed E-state index contributed by atoms with van der Waals surface area (Å²) in [5.41, 5.74) is 0. The van der Waals surface area contributed by atoms with Gasteiger partial charge in [0.25, 0.3) is 0 Å². The Bertz CT molecular complexity index is 695. The molecule has 0 bridgehead atoms. The number of para-hydroxylation sites is 1. The predicted molar refractivity (Wildman–Crippen MR) is 75.0 cm³/mol. The second-order valence-electron chi connectivity index (χ2n) is 3.82. The Morgan fingerprint density at radius 3 is 2.50 bits per heavy atom. The molecule has 0 saturated carbocycles. The van der Waals surface area contributed by atoms with Gasteiger partial charge in [-0.1, -0.05) is 18.2 Å². The van der Waals surface area contributed by atoms with E-state index in [2.05, 4.69) is 5.32 Å². The van der Waals surface area contributed by atoms with E-state index in [4.69, 9.17) is 9.88 Å². The van der Waals surface area contributed by atoms with Crippen LogP contribution in [0.25, 0.3) is 0 Å². The minimum Gasteiger partial charge on any atom is -0.410 e. The second-order valence-corrected chi connectivity index (χ2v) is 6.78. The summed E-state index contributed by atoms with van der Waals surface area (Å²) in [6.07, 6.45) is -0.609. The summed E-state index contributed by atoms with van der Waals surface area (Å²) in [6, 6.07) is 11.6. The van der Waals surface area contributed by atoms with Crippen LogP contribution >= 0.6 is 11.3 Å². The van der Waals surface area contributed by atoms with Crippen molar-refractivity contribution >= 4 is 27.5 Å². The number of hydrogen-bond acceptors (Lipinski definition) is 5. The summed E-state index contributed by atoms with van der Waals surface area (Å²) in [6.45, 7) is 0.172. The number of nitrogens with two attached hydrogens (primary N) is 1. The third-order valence-corrected chi connectivity index (χ3v) is 4.80. The molecular formula is C12H12N2O4S2. The molecule has 1 aromatic carbocycles. The molecule has 1 aromatic heterocycles. The second kappa shape index (κ2) is 6.04. The van der Waals surface area contributed by atoms with Crippen LogP contribution in [0.4, 0.5) is 4.79 Å². The number of sulfonamides is 1. The van der Waals surface area contributed by atoms with Gasteiger partial charge in [0.05, 0.1) is 6.54 Å². The van der Waals surface area contributed by atoms with Gasteiger partial charge in [-0.2, -0.15) is 0 Å². The highest BCUT2D eigenvalue weighted by Crippen LogP contribution is 2.20. The summed E-state index contributed by atoms with van der Waals surface area (Å²) in [5, 5.41) is 7.52. The molecule has 3 N–H and O–H groups in total. The van der Waals surface area contributed by atoms with Crippen LogP contribution in [0.3, 0.4) is 0 Å². The number of nitrogens with one attached hydrogen (secondary N) is 1. The first-order valence-electron chi connectivity index (χ1n) is 5.57. The van der Waals surface area contributed by atoms with E-state index in [1.54, 1.807) is 30.3 Å². The Morgan fingerprint density at radius 1 is 1.20 bits per heavy atom. The fourth-order valence-electron chi connectivity index (χ4n) is 1.40. The minimum absolute atomic E-state index is 0.0609. The number of rotatable bonds is 4. The van der Waals surface area contributed by atoms with E-state index in [0.29, 0.717) is 10.6 Å². The molecular weight excluding hydrogens is 300 g/mol. The standard InChI is InChI=1S/C12H12N2O4S2/c13-20(16,17)11-7-6-10(19-11)8-14-12(15)18-9-4-2-1-3-5-9/h1-7H,8H2,(H,14,15)(H2,13,16,17). The molecule has 1 amide bonds. The molecule has 0 aliphatic heterocycles. The van der Waals surface area contributed by atoms with Gasteiger partial charge in [0, 0.05) is 4.88 Å². The highest BCUT2D eigenvalue weighted by Gasteiger charge is 2.12. The zero-order chi connectivity index (χ0) is 14.6. The SMILES string of the molecule is NS(=O)(=O)c1ccc(CNC(=O)Oc2ccccc2)s1. The molecule has 0 atom stereocenters. The Balaban J connectivity index is 1.89. The average molecular weight is 312 g/mol. The zero-order valence-electron chi connectivity index (χ0n) is 10.3. The van der Waals surface area contributed by atoms with Crippen molar-refractivity contribution < 1.29 is 17.9 Å². The molecule has 0 aliphatic carbocycles. The van der Waals surface area contributed by atoms with Crippen LogP contribution in [0.5, 0.6) is 5.75 Å². The molecule has 8 heteroatoms. The van der Waals surface area contributed by atoms with Crippen molar-refractivity contribution in [3.63, 3.8) is 0 Å². The molecule has 1 heterocycles. The highest BCUT2D eigenvalue weighted by molar-refractivity contribution is 7.91. The summed E-state index contributed by atoms with van der Waals surface area (Å²) < 4.78 is 27.3. The fourth-order valence-corrected chi connectivity index (χ4v) is 3.12. The maximum Gasteiger partial charge on any atom is 0.412 e. The number of amides is 1. The first-order chi connectivity index (χ1) is 9.45. The number of ether oxygens (including phenoxy) is 1. The summed E-state index contributed by atoms with van der Waals surface area (Å²) in [7, 11) is -3.69. The van der Waals surface area contributed by atoms with Crippen molar-refractivity contribution in [3.05, 3.63) is 47.3 Å². The largest absolute Gasteiger partial charge is 0.412 e. The lowest BCUT2D eigenvalue weighted by Crippen LogP contribution is -2.25. The van der Waals surface area contributed by atoms with Gasteiger partial charge in [0.2, 0.25) is 10.0 Å². The van der Waals surface area contributed by atoms with Crippen LogP contribution in [0.1, 0.15) is 4.88 Å². The monoisotopic (exact) mass is 312 g/mol. The van der Waals surface area contributed by atoms with E-state index in [1.807, 2.05) is 6.07 Å². The quantitative estimate of drug-likeness (QED) is 0.897. The molecule has 0 unspecified atom stereocenters. The smallest absolute Gasteiger partial charge is 0.410 e. The molecule has 0 radical (unpaired) electrons. The van der Waals surface area contributed by atoms with E-state index in [1.165, 1.54) is 6.07 Å². The molecule has 0 fully saturated rings. The first-order valence-corrected chi connectivity index (χ1v) is 7.94. The fraction of sp³-hybridized carbons (Fsp3) is 0.0833. The summed E-state index contributed by atoms with van der Waals surface area (Å²) in [5.74, 6) is 0.432. The normalized spacial score (nSPS) is 11.1. The number of thiophene rings is 1. The van der Waals surface area contributed by atoms with E-state index >= 15 is 0 Å². The average Bonchev–Trinajstić information content (AvgIpc) is 2.86. The highest BCUT2D eigenvalue weighted by atomic mass is 32.2. The Kier molecular flexibility index (Phi) is 4.38. The predicted octanol–water partition coefficient (Wildman–Crippen LogP) is 1.68. The number of benzene rings is 1. The molecule has 0 aliphatic rings. The van der Waals surface area contributed by atoms with Crippen LogP contribution in [0.2, 0.25) is 0 Å². The first kappa shape index (κ1) is 14.5. The summed E-state index contributed by atoms with van der Waals surface area (Å²) >= 11 is 1.00. The Hall–Kier alpha value is -1.90. The van der Waals surface area contributed by atoms with E-state index in [-0.39, 0.29) is 10.8 Å². The van der Waals surface area contributed by atoms with Gasteiger partial charge in [-0.25, -0.2) is 18.4 Å². The Morgan fingerprint density at radius 2 is 1.90 bits per heavy atom. The number of hydrogen-bond donors (Lipinski definition) is 2. The van der Waals surface area contributed by atoms with E-state index < -0.39 is 16.1 Å². The lowest BCUT2D eigenvalue weighted by molar-refractivity contribution is 0.200. The lowest BCUT2D eigenvalue weighted by atomic mass is 10.3. The third-order valence-electron chi connectivity index (χ3n) is 2.28. The molecule has 0 spiro atoms.